The fraction of sp³-hybridized carbons (Fsp3) is 0.111. The van der Waals surface area contributed by atoms with Crippen LogP contribution in [0.2, 0.25) is 0 Å². The van der Waals surface area contributed by atoms with Crippen LogP contribution in [0.3, 0.4) is 0 Å². The summed E-state index contributed by atoms with van der Waals surface area (Å²) in [4.78, 5) is 2.53. The van der Waals surface area contributed by atoms with Gasteiger partial charge in [0.15, 0.2) is 0 Å². The van der Waals surface area contributed by atoms with Crippen LogP contribution in [-0.2, 0) is 17.3 Å². The Labute approximate surface area is 332 Å². The second-order valence-electron chi connectivity index (χ2n) is 16.4. The van der Waals surface area contributed by atoms with Gasteiger partial charge in [0.05, 0.1) is 5.69 Å². The standard InChI is InChI=1S/C54H39NS/c1-53(2)45-20-8-4-15-40(45)42-18-11-17-38(52(42)53)34-25-27-36(28-26-34)55(48-22-12-24-50-51(48)43-16-6-10-23-49(43)56-50)37-29-30-41-39-14-5-9-21-46(39)54(47(41)33-37)32-31-35-13-3-7-19-44(35)54/h3-30,33H,31-32H2,1-2H3. The summed E-state index contributed by atoms with van der Waals surface area (Å²) in [6.07, 6.45) is 2.17. The molecule has 12 rings (SSSR count). The van der Waals surface area contributed by atoms with Crippen LogP contribution in [0.25, 0.3) is 53.6 Å². The van der Waals surface area contributed by atoms with Gasteiger partial charge in [-0.3, -0.25) is 0 Å². The monoisotopic (exact) mass is 733 g/mol. The molecule has 0 saturated carbocycles. The average Bonchev–Trinajstić information content (AvgIpc) is 3.97. The Morgan fingerprint density at radius 1 is 0.482 bits per heavy atom. The van der Waals surface area contributed by atoms with Crippen molar-refractivity contribution in [3.05, 3.63) is 209 Å². The van der Waals surface area contributed by atoms with Crippen molar-refractivity contribution in [1.29, 1.82) is 0 Å². The van der Waals surface area contributed by atoms with Gasteiger partial charge >= 0.3 is 0 Å². The zero-order chi connectivity index (χ0) is 37.2. The van der Waals surface area contributed by atoms with E-state index in [0.29, 0.717) is 0 Å². The highest BCUT2D eigenvalue weighted by atomic mass is 32.1. The average molecular weight is 734 g/mol. The molecule has 0 amide bonds. The van der Waals surface area contributed by atoms with Crippen LogP contribution in [-0.4, -0.2) is 0 Å². The van der Waals surface area contributed by atoms with E-state index in [1.165, 1.54) is 98.3 Å². The molecule has 56 heavy (non-hydrogen) atoms. The van der Waals surface area contributed by atoms with Crippen molar-refractivity contribution < 1.29 is 0 Å². The third-order valence-corrected chi connectivity index (χ3v) is 14.4. The topological polar surface area (TPSA) is 3.24 Å². The number of aryl methyl sites for hydroxylation is 1. The fourth-order valence-electron chi connectivity index (χ4n) is 10.9. The van der Waals surface area contributed by atoms with Gasteiger partial charge in [0.2, 0.25) is 0 Å². The molecule has 1 aromatic heterocycles. The summed E-state index contributed by atoms with van der Waals surface area (Å²) in [7, 11) is 0. The molecule has 0 N–H and O–H groups in total. The normalized spacial score (nSPS) is 16.8. The number of rotatable bonds is 4. The lowest BCUT2D eigenvalue weighted by Crippen LogP contribution is -2.24. The van der Waals surface area contributed by atoms with Crippen LogP contribution in [0.5, 0.6) is 0 Å². The number of fused-ring (bicyclic) bond motifs is 13. The molecule has 0 saturated heterocycles. The van der Waals surface area contributed by atoms with Crippen LogP contribution < -0.4 is 4.90 Å². The quantitative estimate of drug-likeness (QED) is 0.174. The van der Waals surface area contributed by atoms with Gasteiger partial charge < -0.3 is 4.90 Å². The SMILES string of the molecule is CC1(C)c2ccccc2-c2cccc(-c3ccc(N(c4ccc5c(c4)C4(CCc6ccccc64)c4ccccc4-5)c4cccc5sc6ccccc6c45)cc3)c21. The Hall–Kier alpha value is -6.22. The Morgan fingerprint density at radius 3 is 1.96 bits per heavy atom. The van der Waals surface area contributed by atoms with Crippen LogP contribution in [0.15, 0.2) is 176 Å². The van der Waals surface area contributed by atoms with Crippen LogP contribution >= 0.6 is 11.3 Å². The van der Waals surface area contributed by atoms with Gasteiger partial charge in [-0.1, -0.05) is 147 Å². The summed E-state index contributed by atoms with van der Waals surface area (Å²) in [5.41, 5.74) is 19.9. The van der Waals surface area contributed by atoms with Gasteiger partial charge in [-0.25, -0.2) is 0 Å². The van der Waals surface area contributed by atoms with Gasteiger partial charge in [0.25, 0.3) is 0 Å². The molecule has 0 aliphatic heterocycles. The zero-order valence-corrected chi connectivity index (χ0v) is 32.3. The number of thiophene rings is 1. The molecule has 0 fully saturated rings. The molecule has 266 valence electrons. The number of benzene rings is 8. The molecule has 8 aromatic carbocycles. The number of hydrogen-bond acceptors (Lipinski definition) is 2. The van der Waals surface area contributed by atoms with Crippen molar-refractivity contribution >= 4 is 48.6 Å². The minimum Gasteiger partial charge on any atom is -0.310 e. The van der Waals surface area contributed by atoms with Crippen LogP contribution in [0, 0.1) is 0 Å². The van der Waals surface area contributed by atoms with Crippen LogP contribution in [0.4, 0.5) is 17.1 Å². The van der Waals surface area contributed by atoms with Gasteiger partial charge in [0.1, 0.15) is 0 Å². The van der Waals surface area contributed by atoms with Crippen molar-refractivity contribution in [3.8, 4) is 33.4 Å². The van der Waals surface area contributed by atoms with Crippen molar-refractivity contribution in [3.63, 3.8) is 0 Å². The molecule has 0 radical (unpaired) electrons. The lowest BCUT2D eigenvalue weighted by molar-refractivity contribution is 0.626. The highest BCUT2D eigenvalue weighted by Crippen LogP contribution is 2.59. The summed E-state index contributed by atoms with van der Waals surface area (Å²) < 4.78 is 2.62. The Kier molecular flexibility index (Phi) is 6.67. The van der Waals surface area contributed by atoms with E-state index in [1.807, 2.05) is 11.3 Å². The maximum absolute atomic E-state index is 2.53. The molecule has 3 aliphatic rings. The maximum atomic E-state index is 2.53. The third-order valence-electron chi connectivity index (χ3n) is 13.3. The first-order valence-electron chi connectivity index (χ1n) is 19.9. The summed E-state index contributed by atoms with van der Waals surface area (Å²) in [5, 5.41) is 2.61. The van der Waals surface area contributed by atoms with E-state index in [2.05, 4.69) is 195 Å². The number of nitrogens with zero attached hydrogens (tertiary/aromatic N) is 1. The number of hydrogen-bond donors (Lipinski definition) is 0. The van der Waals surface area contributed by atoms with Crippen molar-refractivity contribution in [2.45, 2.75) is 37.5 Å². The van der Waals surface area contributed by atoms with Gasteiger partial charge in [-0.05, 0) is 122 Å². The largest absolute Gasteiger partial charge is 0.310 e. The molecule has 1 spiro atoms. The predicted octanol–water partition coefficient (Wildman–Crippen LogP) is 14.8. The zero-order valence-electron chi connectivity index (χ0n) is 31.5. The Balaban J connectivity index is 1.07. The highest BCUT2D eigenvalue weighted by molar-refractivity contribution is 7.26. The van der Waals surface area contributed by atoms with E-state index in [9.17, 15) is 0 Å². The minimum absolute atomic E-state index is 0.0836. The van der Waals surface area contributed by atoms with E-state index in [0.717, 1.165) is 18.5 Å². The maximum Gasteiger partial charge on any atom is 0.0554 e. The minimum atomic E-state index is -0.160. The molecular formula is C54H39NS. The molecular weight excluding hydrogens is 695 g/mol. The lowest BCUT2D eigenvalue weighted by atomic mass is 9.73. The molecule has 0 bridgehead atoms. The van der Waals surface area contributed by atoms with Gasteiger partial charge in [-0.2, -0.15) is 0 Å². The van der Waals surface area contributed by atoms with E-state index in [-0.39, 0.29) is 10.8 Å². The summed E-state index contributed by atoms with van der Waals surface area (Å²) >= 11 is 1.88. The Morgan fingerprint density at radius 2 is 1.11 bits per heavy atom. The molecule has 1 unspecified atom stereocenters. The first-order chi connectivity index (χ1) is 27.5. The van der Waals surface area contributed by atoms with E-state index in [4.69, 9.17) is 0 Å². The molecule has 1 atom stereocenters. The van der Waals surface area contributed by atoms with E-state index in [1.54, 1.807) is 0 Å². The second kappa shape index (κ2) is 11.6. The molecule has 1 heterocycles. The van der Waals surface area contributed by atoms with Gasteiger partial charge in [-0.15, -0.1) is 11.3 Å². The number of anilines is 3. The predicted molar refractivity (Wildman–Crippen MR) is 237 cm³/mol. The lowest BCUT2D eigenvalue weighted by Gasteiger charge is -2.31. The smallest absolute Gasteiger partial charge is 0.0554 e. The molecule has 3 aliphatic carbocycles. The highest BCUT2D eigenvalue weighted by Gasteiger charge is 2.48. The fourth-order valence-corrected chi connectivity index (χ4v) is 12.0. The first kappa shape index (κ1) is 32.1. The van der Waals surface area contributed by atoms with E-state index < -0.39 is 0 Å². The van der Waals surface area contributed by atoms with Crippen molar-refractivity contribution in [2.24, 2.45) is 0 Å². The molecule has 1 nitrogen and oxygen atoms in total. The Bertz CT molecular complexity index is 3070. The van der Waals surface area contributed by atoms with Crippen molar-refractivity contribution in [2.75, 3.05) is 4.90 Å². The first-order valence-corrected chi connectivity index (χ1v) is 20.7. The van der Waals surface area contributed by atoms with E-state index >= 15 is 0 Å². The van der Waals surface area contributed by atoms with Crippen LogP contribution in [0.1, 0.15) is 53.6 Å². The summed E-state index contributed by atoms with van der Waals surface area (Å²) in [5.74, 6) is 0. The molecule has 2 heteroatoms. The third kappa shape index (κ3) is 4.25. The van der Waals surface area contributed by atoms with Crippen molar-refractivity contribution in [1.82, 2.24) is 0 Å². The summed E-state index contributed by atoms with van der Waals surface area (Å²) in [6.45, 7) is 4.76. The molecule has 9 aromatic rings. The summed E-state index contributed by atoms with van der Waals surface area (Å²) in [6, 6.07) is 66.5. The van der Waals surface area contributed by atoms with Gasteiger partial charge in [0, 0.05) is 42.4 Å². The second-order valence-corrected chi connectivity index (χ2v) is 17.5.